The van der Waals surface area contributed by atoms with Gasteiger partial charge >= 0.3 is 0 Å². The minimum absolute atomic E-state index is 0.129. The van der Waals surface area contributed by atoms with Crippen LogP contribution in [-0.4, -0.2) is 11.9 Å². The van der Waals surface area contributed by atoms with E-state index < -0.39 is 0 Å². The second-order valence-corrected chi connectivity index (χ2v) is 11.2. The van der Waals surface area contributed by atoms with Gasteiger partial charge in [0.2, 0.25) is 5.69 Å². The number of fused-ring (bicyclic) bond motifs is 16. The van der Waals surface area contributed by atoms with Crippen LogP contribution in [0.2, 0.25) is 0 Å². The fourth-order valence-electron chi connectivity index (χ4n) is 8.15. The molecule has 3 nitrogen and oxygen atoms in total. The van der Waals surface area contributed by atoms with Crippen LogP contribution in [0.5, 0.6) is 0 Å². The second kappa shape index (κ2) is 6.41. The summed E-state index contributed by atoms with van der Waals surface area (Å²) < 4.78 is 9.38. The lowest BCUT2D eigenvalue weighted by molar-refractivity contribution is -0.697. The number of likely N-dealkylation sites (N-methyl/N-ethyl adjacent to an activating group) is 1. The molecule has 4 heterocycles. The fraction of sp³-hybridized carbons (Fsp3) is 0.206. The summed E-state index contributed by atoms with van der Waals surface area (Å²) in [7, 11) is 2.29. The maximum atomic E-state index is 6.86. The van der Waals surface area contributed by atoms with Gasteiger partial charge in [-0.05, 0) is 49.1 Å². The first-order valence-electron chi connectivity index (χ1n) is 13.3. The van der Waals surface area contributed by atoms with E-state index in [2.05, 4.69) is 115 Å². The highest BCUT2D eigenvalue weighted by atomic mass is 16.3. The molecule has 0 radical (unpaired) electrons. The van der Waals surface area contributed by atoms with Crippen LogP contribution < -0.4 is 4.57 Å². The number of rotatable bonds is 0. The smallest absolute Gasteiger partial charge is 0.213 e. The fourth-order valence-corrected chi connectivity index (χ4v) is 8.15. The van der Waals surface area contributed by atoms with Gasteiger partial charge in [0.15, 0.2) is 12.2 Å². The molecule has 4 aliphatic rings. The van der Waals surface area contributed by atoms with Gasteiger partial charge in [-0.15, -0.1) is 0 Å². The van der Waals surface area contributed by atoms with Gasteiger partial charge in [-0.2, -0.15) is 4.57 Å². The molecule has 178 valence electrons. The lowest BCUT2D eigenvalue weighted by Gasteiger charge is -2.23. The van der Waals surface area contributed by atoms with Gasteiger partial charge in [0.1, 0.15) is 16.7 Å². The highest BCUT2D eigenvalue weighted by Gasteiger charge is 2.80. The Bertz CT molecular complexity index is 1870. The summed E-state index contributed by atoms with van der Waals surface area (Å²) in [5.74, 6) is 0.390. The van der Waals surface area contributed by atoms with Crippen molar-refractivity contribution in [3.8, 4) is 11.3 Å². The van der Waals surface area contributed by atoms with Crippen molar-refractivity contribution in [2.75, 3.05) is 7.05 Å². The summed E-state index contributed by atoms with van der Waals surface area (Å²) >= 11 is 0. The van der Waals surface area contributed by atoms with Crippen LogP contribution >= 0.6 is 0 Å². The Morgan fingerprint density at radius 2 is 1.78 bits per heavy atom. The molecule has 3 aromatic carbocycles. The summed E-state index contributed by atoms with van der Waals surface area (Å²) in [5, 5.41) is 2.44. The van der Waals surface area contributed by atoms with Crippen LogP contribution in [0.25, 0.3) is 45.0 Å². The number of furan rings is 1. The Morgan fingerprint density at radius 1 is 0.973 bits per heavy atom. The Balaban J connectivity index is 1.36. The molecular formula is C34H27N2O+. The molecule has 2 aliphatic carbocycles. The summed E-state index contributed by atoms with van der Waals surface area (Å²) in [4.78, 5) is 2.56. The molecule has 1 saturated carbocycles. The Kier molecular flexibility index (Phi) is 3.47. The maximum Gasteiger partial charge on any atom is 0.213 e. The maximum absolute atomic E-state index is 6.86. The standard InChI is InChI=1S/C34H27N2O/c1-4-27-29-26(15-14-24-23-13-12-20-17-19(2)18-25(20)31(23)37-32(24)29)34(35(27)3)30-22-10-6-5-9-21(22)28-11-7-8-16-36(28)33(30)34/h4-16,18,30,33H,17H2,1-3H3/q+1/b27-4-. The van der Waals surface area contributed by atoms with E-state index in [4.69, 9.17) is 4.42 Å². The van der Waals surface area contributed by atoms with Crippen LogP contribution in [0.4, 0.5) is 0 Å². The Hall–Kier alpha value is -4.11. The summed E-state index contributed by atoms with van der Waals surface area (Å²) in [5.41, 5.74) is 14.0. The molecule has 2 aliphatic heterocycles. The Morgan fingerprint density at radius 3 is 2.68 bits per heavy atom. The third kappa shape index (κ3) is 2.12. The van der Waals surface area contributed by atoms with Crippen molar-refractivity contribution in [2.45, 2.75) is 37.8 Å². The summed E-state index contributed by atoms with van der Waals surface area (Å²) in [6.07, 6.45) is 7.88. The molecule has 1 fully saturated rings. The molecule has 0 bridgehead atoms. The van der Waals surface area contributed by atoms with Crippen LogP contribution in [-0.2, 0) is 12.0 Å². The molecule has 5 aromatic rings. The third-order valence-corrected chi connectivity index (χ3v) is 9.57. The van der Waals surface area contributed by atoms with Crippen molar-refractivity contribution >= 4 is 33.7 Å². The highest BCUT2D eigenvalue weighted by Crippen LogP contribution is 2.75. The van der Waals surface area contributed by atoms with Crippen LogP contribution in [0.3, 0.4) is 0 Å². The highest BCUT2D eigenvalue weighted by molar-refractivity contribution is 6.12. The zero-order valence-electron chi connectivity index (χ0n) is 21.2. The molecule has 0 saturated heterocycles. The van der Waals surface area contributed by atoms with E-state index in [0.717, 1.165) is 17.6 Å². The van der Waals surface area contributed by atoms with Crippen LogP contribution in [0.15, 0.2) is 89.0 Å². The van der Waals surface area contributed by atoms with E-state index in [0.29, 0.717) is 12.0 Å². The first kappa shape index (κ1) is 20.0. The largest absolute Gasteiger partial charge is 0.455 e. The molecule has 1 spiro atoms. The number of hydrogen-bond acceptors (Lipinski definition) is 2. The van der Waals surface area contributed by atoms with Gasteiger partial charge in [0.05, 0.1) is 5.92 Å². The molecular weight excluding hydrogens is 452 g/mol. The molecule has 3 unspecified atom stereocenters. The van der Waals surface area contributed by atoms with E-state index in [1.807, 2.05) is 0 Å². The Labute approximate surface area is 216 Å². The van der Waals surface area contributed by atoms with Crippen molar-refractivity contribution in [2.24, 2.45) is 0 Å². The van der Waals surface area contributed by atoms with Crippen molar-refractivity contribution in [3.63, 3.8) is 0 Å². The van der Waals surface area contributed by atoms with Gasteiger partial charge in [-0.1, -0.05) is 60.2 Å². The van der Waals surface area contributed by atoms with E-state index >= 15 is 0 Å². The second-order valence-electron chi connectivity index (χ2n) is 11.2. The van der Waals surface area contributed by atoms with Gasteiger partial charge in [-0.3, -0.25) is 0 Å². The SMILES string of the molecule is C/C=C1/c2c(ccc3c2oc2c4c(ccc23)CC(C)=C4)C2(C3c4ccccc4-c4cccc[n+]4C32)N1C. The molecule has 3 heteroatoms. The van der Waals surface area contributed by atoms with E-state index in [1.165, 1.54) is 61.1 Å². The van der Waals surface area contributed by atoms with Crippen molar-refractivity contribution in [1.82, 2.24) is 4.90 Å². The lowest BCUT2D eigenvalue weighted by atomic mass is 9.93. The van der Waals surface area contributed by atoms with E-state index in [9.17, 15) is 0 Å². The average molecular weight is 480 g/mol. The molecule has 0 amide bonds. The number of hydrogen-bond donors (Lipinski definition) is 0. The molecule has 9 rings (SSSR count). The number of allylic oxidation sites excluding steroid dienone is 2. The molecule has 37 heavy (non-hydrogen) atoms. The van der Waals surface area contributed by atoms with Gasteiger partial charge < -0.3 is 9.32 Å². The molecule has 0 N–H and O–H groups in total. The van der Waals surface area contributed by atoms with Crippen molar-refractivity contribution in [3.05, 3.63) is 112 Å². The van der Waals surface area contributed by atoms with E-state index in [-0.39, 0.29) is 5.54 Å². The predicted molar refractivity (Wildman–Crippen MR) is 148 cm³/mol. The predicted octanol–water partition coefficient (Wildman–Crippen LogP) is 7.35. The summed E-state index contributed by atoms with van der Waals surface area (Å²) in [6, 6.07) is 25.2. The quantitative estimate of drug-likeness (QED) is 0.216. The van der Waals surface area contributed by atoms with Crippen LogP contribution in [0, 0.1) is 0 Å². The first-order valence-corrected chi connectivity index (χ1v) is 13.3. The minimum atomic E-state index is -0.129. The molecule has 3 atom stereocenters. The molecule has 2 aromatic heterocycles. The van der Waals surface area contributed by atoms with Crippen molar-refractivity contribution in [1.29, 1.82) is 0 Å². The van der Waals surface area contributed by atoms with Gasteiger partial charge in [0, 0.05) is 52.3 Å². The van der Waals surface area contributed by atoms with Crippen molar-refractivity contribution < 1.29 is 8.98 Å². The monoisotopic (exact) mass is 479 g/mol. The summed E-state index contributed by atoms with van der Waals surface area (Å²) in [6.45, 7) is 4.38. The zero-order valence-corrected chi connectivity index (χ0v) is 21.2. The number of benzene rings is 3. The lowest BCUT2D eigenvalue weighted by Crippen LogP contribution is -2.41. The topological polar surface area (TPSA) is 20.3 Å². The number of aromatic nitrogens is 1. The van der Waals surface area contributed by atoms with Gasteiger partial charge in [-0.25, -0.2) is 0 Å². The van der Waals surface area contributed by atoms with Crippen LogP contribution in [0.1, 0.15) is 53.6 Å². The number of nitrogens with zero attached hydrogens (tertiary/aromatic N) is 2. The third-order valence-electron chi connectivity index (χ3n) is 9.57. The van der Waals surface area contributed by atoms with E-state index in [1.54, 1.807) is 0 Å². The normalized spacial score (nSPS) is 25.3. The average Bonchev–Trinajstić information content (AvgIpc) is 3.11. The number of pyridine rings is 1. The first-order chi connectivity index (χ1) is 18.1. The minimum Gasteiger partial charge on any atom is -0.455 e. The van der Waals surface area contributed by atoms with Gasteiger partial charge in [0.25, 0.3) is 0 Å². The zero-order chi connectivity index (χ0) is 24.6.